The third-order valence-corrected chi connectivity index (χ3v) is 3.37. The Morgan fingerprint density at radius 2 is 2.00 bits per heavy atom. The minimum absolute atomic E-state index is 0.108. The van der Waals surface area contributed by atoms with E-state index in [0.29, 0.717) is 16.3 Å². The maximum Gasteiger partial charge on any atom is 0.167 e. The van der Waals surface area contributed by atoms with Gasteiger partial charge in [-0.15, -0.1) is 11.6 Å². The van der Waals surface area contributed by atoms with E-state index in [9.17, 15) is 4.39 Å². The van der Waals surface area contributed by atoms with E-state index < -0.39 is 5.82 Å². The number of para-hydroxylation sites is 1. The molecule has 0 N–H and O–H groups in total. The summed E-state index contributed by atoms with van der Waals surface area (Å²) in [5.41, 5.74) is 0.579. The predicted octanol–water partition coefficient (Wildman–Crippen LogP) is 5.77. The number of hydrogen-bond donors (Lipinski definition) is 0. The van der Waals surface area contributed by atoms with Crippen LogP contribution in [0.4, 0.5) is 4.39 Å². The summed E-state index contributed by atoms with van der Waals surface area (Å²) in [5, 5.41) is 0.396. The molecule has 0 saturated carbocycles. The van der Waals surface area contributed by atoms with Crippen molar-refractivity contribution in [1.82, 2.24) is 0 Å². The number of ether oxygens (including phenoxy) is 1. The fraction of sp³-hybridized carbons (Fsp3) is 0.0769. The van der Waals surface area contributed by atoms with E-state index in [1.807, 2.05) is 0 Å². The zero-order valence-corrected chi connectivity index (χ0v) is 12.2. The molecule has 0 aliphatic rings. The highest BCUT2D eigenvalue weighted by atomic mass is 79.9. The molecule has 5 heteroatoms. The van der Waals surface area contributed by atoms with Crippen LogP contribution in [0.25, 0.3) is 0 Å². The van der Waals surface area contributed by atoms with E-state index in [2.05, 4.69) is 15.9 Å². The molecule has 2 rings (SSSR count). The summed E-state index contributed by atoms with van der Waals surface area (Å²) in [6.07, 6.45) is 0. The van der Waals surface area contributed by atoms with Crippen molar-refractivity contribution in [1.29, 1.82) is 0 Å². The third kappa shape index (κ3) is 2.97. The summed E-state index contributed by atoms with van der Waals surface area (Å²) in [6, 6.07) is 9.72. The Kier molecular flexibility index (Phi) is 4.49. The van der Waals surface area contributed by atoms with Crippen LogP contribution < -0.4 is 4.74 Å². The van der Waals surface area contributed by atoms with Crippen molar-refractivity contribution in [2.75, 3.05) is 0 Å². The monoisotopic (exact) mass is 348 g/mol. The first-order chi connectivity index (χ1) is 8.61. The number of rotatable bonds is 3. The highest BCUT2D eigenvalue weighted by Crippen LogP contribution is 2.35. The van der Waals surface area contributed by atoms with E-state index in [-0.39, 0.29) is 11.6 Å². The zero-order chi connectivity index (χ0) is 13.1. The van der Waals surface area contributed by atoms with Gasteiger partial charge in [-0.05, 0) is 24.3 Å². The van der Waals surface area contributed by atoms with Crippen LogP contribution in [-0.2, 0) is 5.88 Å². The topological polar surface area (TPSA) is 9.23 Å². The van der Waals surface area contributed by atoms with Crippen molar-refractivity contribution in [3.63, 3.8) is 0 Å². The fourth-order valence-corrected chi connectivity index (χ4v) is 2.36. The molecule has 0 fully saturated rings. The number of alkyl halides is 1. The van der Waals surface area contributed by atoms with E-state index in [1.165, 1.54) is 6.07 Å². The molecule has 0 saturated heterocycles. The van der Waals surface area contributed by atoms with Gasteiger partial charge in [0.2, 0.25) is 0 Å². The third-order valence-electron chi connectivity index (χ3n) is 2.30. The van der Waals surface area contributed by atoms with Gasteiger partial charge in [-0.1, -0.05) is 39.7 Å². The maximum absolute atomic E-state index is 13.7. The molecule has 1 nitrogen and oxygen atoms in total. The van der Waals surface area contributed by atoms with Gasteiger partial charge in [-0.2, -0.15) is 0 Å². The first-order valence-electron chi connectivity index (χ1n) is 5.08. The Labute approximate surface area is 123 Å². The van der Waals surface area contributed by atoms with Crippen LogP contribution in [0.5, 0.6) is 11.5 Å². The summed E-state index contributed by atoms with van der Waals surface area (Å²) in [5.74, 6) is 0.196. The summed E-state index contributed by atoms with van der Waals surface area (Å²) in [6.45, 7) is 0. The number of hydrogen-bond acceptors (Lipinski definition) is 1. The molecule has 0 unspecified atom stereocenters. The zero-order valence-electron chi connectivity index (χ0n) is 9.09. The molecule has 0 radical (unpaired) electrons. The largest absolute Gasteiger partial charge is 0.452 e. The van der Waals surface area contributed by atoms with Gasteiger partial charge in [0.05, 0.1) is 10.9 Å². The summed E-state index contributed by atoms with van der Waals surface area (Å²) >= 11 is 15.1. The second-order valence-electron chi connectivity index (χ2n) is 3.54. The lowest BCUT2D eigenvalue weighted by Gasteiger charge is -2.11. The quantitative estimate of drug-likeness (QED) is 0.639. The van der Waals surface area contributed by atoms with Crippen molar-refractivity contribution in [3.05, 3.63) is 57.3 Å². The van der Waals surface area contributed by atoms with Crippen LogP contribution in [0.2, 0.25) is 5.02 Å². The average Bonchev–Trinajstić information content (AvgIpc) is 2.34. The summed E-state index contributed by atoms with van der Waals surface area (Å²) < 4.78 is 20.0. The Hall–Kier alpha value is -0.770. The summed E-state index contributed by atoms with van der Waals surface area (Å²) in [4.78, 5) is 0. The molecule has 18 heavy (non-hydrogen) atoms. The second kappa shape index (κ2) is 5.91. The first kappa shape index (κ1) is 13.7. The molecule has 2 aromatic rings. The normalized spacial score (nSPS) is 10.4. The van der Waals surface area contributed by atoms with Crippen LogP contribution in [0, 0.1) is 5.82 Å². The van der Waals surface area contributed by atoms with Crippen LogP contribution in [0.15, 0.2) is 40.9 Å². The van der Waals surface area contributed by atoms with E-state index in [4.69, 9.17) is 27.9 Å². The van der Waals surface area contributed by atoms with Gasteiger partial charge >= 0.3 is 0 Å². The smallest absolute Gasteiger partial charge is 0.167 e. The van der Waals surface area contributed by atoms with Crippen molar-refractivity contribution < 1.29 is 9.13 Å². The molecule has 0 heterocycles. The molecule has 0 aliphatic carbocycles. The molecule has 2 aromatic carbocycles. The maximum atomic E-state index is 13.7. The van der Waals surface area contributed by atoms with Crippen molar-refractivity contribution in [3.8, 4) is 11.5 Å². The van der Waals surface area contributed by atoms with Gasteiger partial charge in [0.15, 0.2) is 11.6 Å². The van der Waals surface area contributed by atoms with Gasteiger partial charge in [0, 0.05) is 10.0 Å². The Morgan fingerprint density at radius 1 is 1.22 bits per heavy atom. The van der Waals surface area contributed by atoms with Gasteiger partial charge in [-0.3, -0.25) is 0 Å². The minimum atomic E-state index is -0.466. The minimum Gasteiger partial charge on any atom is -0.452 e. The van der Waals surface area contributed by atoms with Crippen LogP contribution in [-0.4, -0.2) is 0 Å². The number of halogens is 4. The van der Waals surface area contributed by atoms with Crippen LogP contribution >= 0.6 is 39.1 Å². The molecule has 0 bridgehead atoms. The lowest BCUT2D eigenvalue weighted by molar-refractivity contribution is 0.438. The van der Waals surface area contributed by atoms with Crippen molar-refractivity contribution >= 4 is 39.1 Å². The number of benzene rings is 2. The Balaban J connectivity index is 2.39. The second-order valence-corrected chi connectivity index (χ2v) is 5.13. The molecule has 0 aliphatic heterocycles. The molecule has 0 atom stereocenters. The van der Waals surface area contributed by atoms with E-state index >= 15 is 0 Å². The molecular weight excluding hydrogens is 342 g/mol. The SMILES string of the molecule is Fc1cccc(CCl)c1Oc1ccc(Br)cc1Cl. The van der Waals surface area contributed by atoms with E-state index in [0.717, 1.165) is 4.47 Å². The fourth-order valence-electron chi connectivity index (χ4n) is 1.44. The highest BCUT2D eigenvalue weighted by molar-refractivity contribution is 9.10. The van der Waals surface area contributed by atoms with Gasteiger partial charge in [0.1, 0.15) is 5.75 Å². The molecular formula is C13H8BrCl2FO. The van der Waals surface area contributed by atoms with Gasteiger partial charge in [-0.25, -0.2) is 4.39 Å². The van der Waals surface area contributed by atoms with Crippen molar-refractivity contribution in [2.45, 2.75) is 5.88 Å². The highest BCUT2D eigenvalue weighted by Gasteiger charge is 2.12. The molecule has 0 amide bonds. The van der Waals surface area contributed by atoms with Gasteiger partial charge in [0.25, 0.3) is 0 Å². The standard InChI is InChI=1S/C13H8BrCl2FO/c14-9-4-5-12(10(16)6-9)18-13-8(7-15)2-1-3-11(13)17/h1-6H,7H2. The van der Waals surface area contributed by atoms with Crippen molar-refractivity contribution in [2.24, 2.45) is 0 Å². The molecule has 0 aromatic heterocycles. The Bertz CT molecular complexity index is 575. The van der Waals surface area contributed by atoms with E-state index in [1.54, 1.807) is 30.3 Å². The summed E-state index contributed by atoms with van der Waals surface area (Å²) in [7, 11) is 0. The van der Waals surface area contributed by atoms with Crippen LogP contribution in [0.1, 0.15) is 5.56 Å². The van der Waals surface area contributed by atoms with Crippen LogP contribution in [0.3, 0.4) is 0 Å². The average molecular weight is 350 g/mol. The Morgan fingerprint density at radius 3 is 2.67 bits per heavy atom. The lowest BCUT2D eigenvalue weighted by atomic mass is 10.2. The van der Waals surface area contributed by atoms with Gasteiger partial charge < -0.3 is 4.74 Å². The molecule has 0 spiro atoms. The first-order valence-corrected chi connectivity index (χ1v) is 6.78. The molecule has 94 valence electrons. The lowest BCUT2D eigenvalue weighted by Crippen LogP contribution is -1.93. The predicted molar refractivity (Wildman–Crippen MR) is 75.2 cm³/mol.